The standard InChI is InChI=1S/C14H24O4/c1-3-5-11-7-17-14(18-8-11)12-9-15-13(6-4-2)16-10-12/h3,5,11-14H,4,6-10H2,1-2H3. The van der Waals surface area contributed by atoms with Crippen LogP contribution in [0.1, 0.15) is 26.7 Å². The molecule has 0 N–H and O–H groups in total. The van der Waals surface area contributed by atoms with E-state index in [1.54, 1.807) is 0 Å². The van der Waals surface area contributed by atoms with Gasteiger partial charge < -0.3 is 18.9 Å². The largest absolute Gasteiger partial charge is 0.352 e. The molecule has 0 aromatic heterocycles. The molecule has 0 amide bonds. The highest BCUT2D eigenvalue weighted by Crippen LogP contribution is 2.24. The maximum absolute atomic E-state index is 5.74. The molecule has 4 heteroatoms. The summed E-state index contributed by atoms with van der Waals surface area (Å²) in [5.74, 6) is 0.578. The quantitative estimate of drug-likeness (QED) is 0.723. The van der Waals surface area contributed by atoms with Crippen molar-refractivity contribution < 1.29 is 18.9 Å². The topological polar surface area (TPSA) is 36.9 Å². The molecule has 2 aliphatic heterocycles. The number of hydrogen-bond donors (Lipinski definition) is 0. The summed E-state index contributed by atoms with van der Waals surface area (Å²) in [6, 6.07) is 0. The molecule has 2 heterocycles. The zero-order chi connectivity index (χ0) is 12.8. The van der Waals surface area contributed by atoms with E-state index >= 15 is 0 Å². The molecular weight excluding hydrogens is 232 g/mol. The third kappa shape index (κ3) is 3.79. The van der Waals surface area contributed by atoms with E-state index in [2.05, 4.69) is 13.0 Å². The highest BCUT2D eigenvalue weighted by Gasteiger charge is 2.32. The van der Waals surface area contributed by atoms with Crippen molar-refractivity contribution in [3.63, 3.8) is 0 Å². The Morgan fingerprint density at radius 3 is 2.22 bits per heavy atom. The van der Waals surface area contributed by atoms with Crippen molar-refractivity contribution in [3.05, 3.63) is 12.2 Å². The van der Waals surface area contributed by atoms with Gasteiger partial charge in [0.25, 0.3) is 0 Å². The van der Waals surface area contributed by atoms with Gasteiger partial charge in [0.15, 0.2) is 12.6 Å². The van der Waals surface area contributed by atoms with Crippen LogP contribution in [0.25, 0.3) is 0 Å². The van der Waals surface area contributed by atoms with Gasteiger partial charge in [-0.2, -0.15) is 0 Å². The predicted octanol–water partition coefficient (Wildman–Crippen LogP) is 2.34. The first-order valence-corrected chi connectivity index (χ1v) is 6.92. The van der Waals surface area contributed by atoms with Gasteiger partial charge in [-0.3, -0.25) is 0 Å². The maximum atomic E-state index is 5.74. The molecule has 18 heavy (non-hydrogen) atoms. The van der Waals surface area contributed by atoms with Crippen LogP contribution in [-0.2, 0) is 18.9 Å². The van der Waals surface area contributed by atoms with Crippen LogP contribution in [0, 0.1) is 11.8 Å². The highest BCUT2D eigenvalue weighted by atomic mass is 16.7. The summed E-state index contributed by atoms with van der Waals surface area (Å²) in [6.07, 6.45) is 6.00. The van der Waals surface area contributed by atoms with Crippen molar-refractivity contribution in [2.24, 2.45) is 11.8 Å². The normalized spacial score (nSPS) is 38.1. The molecular formula is C14H24O4. The molecule has 4 nitrogen and oxygen atoms in total. The molecule has 0 radical (unpaired) electrons. The molecule has 0 spiro atoms. The van der Waals surface area contributed by atoms with E-state index in [1.165, 1.54) is 0 Å². The predicted molar refractivity (Wildman–Crippen MR) is 68.1 cm³/mol. The molecule has 2 saturated heterocycles. The van der Waals surface area contributed by atoms with Gasteiger partial charge in [0.2, 0.25) is 0 Å². The van der Waals surface area contributed by atoms with Gasteiger partial charge in [-0.15, -0.1) is 0 Å². The average molecular weight is 256 g/mol. The van der Waals surface area contributed by atoms with Crippen LogP contribution in [-0.4, -0.2) is 39.0 Å². The number of rotatable bonds is 4. The number of ether oxygens (including phenoxy) is 4. The van der Waals surface area contributed by atoms with Gasteiger partial charge in [-0.05, 0) is 13.3 Å². The van der Waals surface area contributed by atoms with E-state index in [-0.39, 0.29) is 18.5 Å². The molecule has 0 saturated carbocycles. The van der Waals surface area contributed by atoms with Crippen LogP contribution in [0.2, 0.25) is 0 Å². The summed E-state index contributed by atoms with van der Waals surface area (Å²) in [4.78, 5) is 0. The minimum atomic E-state index is -0.172. The van der Waals surface area contributed by atoms with Gasteiger partial charge in [-0.25, -0.2) is 0 Å². The first kappa shape index (κ1) is 14.0. The Balaban J connectivity index is 1.71. The number of hydrogen-bond acceptors (Lipinski definition) is 4. The van der Waals surface area contributed by atoms with Gasteiger partial charge >= 0.3 is 0 Å². The third-order valence-electron chi connectivity index (χ3n) is 3.32. The molecule has 0 aliphatic carbocycles. The van der Waals surface area contributed by atoms with E-state index in [0.717, 1.165) is 26.1 Å². The Kier molecular flexibility index (Phi) is 5.63. The van der Waals surface area contributed by atoms with E-state index in [1.807, 2.05) is 13.0 Å². The third-order valence-corrected chi connectivity index (χ3v) is 3.32. The zero-order valence-corrected chi connectivity index (χ0v) is 11.3. The molecule has 0 aromatic carbocycles. The molecule has 0 atom stereocenters. The van der Waals surface area contributed by atoms with Gasteiger partial charge in [0, 0.05) is 5.92 Å². The van der Waals surface area contributed by atoms with E-state index in [4.69, 9.17) is 18.9 Å². The SMILES string of the molecule is CC=CC1COC(C2COC(CCC)OC2)OC1. The van der Waals surface area contributed by atoms with Gasteiger partial charge in [-0.1, -0.05) is 25.5 Å². The monoisotopic (exact) mass is 256 g/mol. The van der Waals surface area contributed by atoms with Crippen molar-refractivity contribution in [1.29, 1.82) is 0 Å². The lowest BCUT2D eigenvalue weighted by atomic mass is 10.1. The van der Waals surface area contributed by atoms with Crippen LogP contribution in [0.5, 0.6) is 0 Å². The number of allylic oxidation sites excluding steroid dienone is 1. The zero-order valence-electron chi connectivity index (χ0n) is 11.3. The Hall–Kier alpha value is -0.420. The fourth-order valence-electron chi connectivity index (χ4n) is 2.31. The van der Waals surface area contributed by atoms with Crippen molar-refractivity contribution in [2.75, 3.05) is 26.4 Å². The first-order chi connectivity index (χ1) is 8.83. The van der Waals surface area contributed by atoms with Crippen LogP contribution in [0.15, 0.2) is 12.2 Å². The Morgan fingerprint density at radius 2 is 1.67 bits per heavy atom. The van der Waals surface area contributed by atoms with Crippen molar-refractivity contribution in [3.8, 4) is 0 Å². The smallest absolute Gasteiger partial charge is 0.164 e. The van der Waals surface area contributed by atoms with Crippen LogP contribution in [0.4, 0.5) is 0 Å². The second-order valence-corrected chi connectivity index (χ2v) is 4.97. The first-order valence-electron chi connectivity index (χ1n) is 6.92. The highest BCUT2D eigenvalue weighted by molar-refractivity contribution is 4.87. The minimum absolute atomic E-state index is 0.0365. The molecule has 0 aromatic rings. The molecule has 0 unspecified atom stereocenters. The second kappa shape index (κ2) is 7.24. The van der Waals surface area contributed by atoms with Crippen molar-refractivity contribution >= 4 is 0 Å². The lowest BCUT2D eigenvalue weighted by Crippen LogP contribution is -2.44. The molecule has 0 bridgehead atoms. The van der Waals surface area contributed by atoms with Crippen LogP contribution >= 0.6 is 0 Å². The molecule has 2 fully saturated rings. The van der Waals surface area contributed by atoms with Gasteiger partial charge in [0.1, 0.15) is 0 Å². The summed E-state index contributed by atoms with van der Waals surface area (Å²) >= 11 is 0. The van der Waals surface area contributed by atoms with Gasteiger partial charge in [0.05, 0.1) is 32.3 Å². The van der Waals surface area contributed by atoms with Crippen molar-refractivity contribution in [1.82, 2.24) is 0 Å². The Morgan fingerprint density at radius 1 is 1.00 bits per heavy atom. The second-order valence-electron chi connectivity index (χ2n) is 4.97. The summed E-state index contributed by atoms with van der Waals surface area (Å²) < 4.78 is 22.8. The summed E-state index contributed by atoms with van der Waals surface area (Å²) in [7, 11) is 0. The Labute approximate surface area is 109 Å². The fourth-order valence-corrected chi connectivity index (χ4v) is 2.31. The fraction of sp³-hybridized carbons (Fsp3) is 0.857. The molecule has 2 rings (SSSR count). The van der Waals surface area contributed by atoms with Crippen LogP contribution in [0.3, 0.4) is 0 Å². The van der Waals surface area contributed by atoms with E-state index in [0.29, 0.717) is 19.1 Å². The maximum Gasteiger partial charge on any atom is 0.164 e. The van der Waals surface area contributed by atoms with Crippen molar-refractivity contribution in [2.45, 2.75) is 39.3 Å². The summed E-state index contributed by atoms with van der Waals surface area (Å²) in [6.45, 7) is 6.94. The minimum Gasteiger partial charge on any atom is -0.352 e. The van der Waals surface area contributed by atoms with E-state index in [9.17, 15) is 0 Å². The average Bonchev–Trinajstić information content (AvgIpc) is 2.41. The Bertz CT molecular complexity index is 251. The summed E-state index contributed by atoms with van der Waals surface area (Å²) in [5.41, 5.74) is 0. The summed E-state index contributed by atoms with van der Waals surface area (Å²) in [5, 5.41) is 0. The molecule has 2 aliphatic rings. The lowest BCUT2D eigenvalue weighted by Gasteiger charge is -2.37. The van der Waals surface area contributed by atoms with E-state index < -0.39 is 0 Å². The lowest BCUT2D eigenvalue weighted by molar-refractivity contribution is -0.278. The van der Waals surface area contributed by atoms with Crippen LogP contribution < -0.4 is 0 Å². The molecule has 104 valence electrons.